The second kappa shape index (κ2) is 9.72. The molecule has 2 aliphatic heterocycles. The van der Waals surface area contributed by atoms with Crippen LogP contribution >= 0.6 is 11.6 Å². The third-order valence-corrected chi connectivity index (χ3v) is 6.79. The first kappa shape index (κ1) is 22.8. The number of benzene rings is 1. The van der Waals surface area contributed by atoms with E-state index < -0.39 is 0 Å². The van der Waals surface area contributed by atoms with Crippen LogP contribution in [-0.2, 0) is 6.61 Å². The van der Waals surface area contributed by atoms with Gasteiger partial charge in [0.05, 0.1) is 17.3 Å². The average Bonchev–Trinajstić information content (AvgIpc) is 3.39. The molecule has 2 saturated heterocycles. The minimum absolute atomic E-state index is 0.0827. The zero-order valence-electron chi connectivity index (χ0n) is 19.2. The van der Waals surface area contributed by atoms with Gasteiger partial charge in [0.1, 0.15) is 17.5 Å². The van der Waals surface area contributed by atoms with Gasteiger partial charge in [-0.2, -0.15) is 4.98 Å². The molecule has 1 atom stereocenters. The van der Waals surface area contributed by atoms with Gasteiger partial charge in [-0.25, -0.2) is 14.4 Å². The second-order valence-electron chi connectivity index (χ2n) is 8.91. The van der Waals surface area contributed by atoms with E-state index in [0.29, 0.717) is 10.6 Å². The monoisotopic (exact) mass is 482 g/mol. The van der Waals surface area contributed by atoms with Gasteiger partial charge in [-0.15, -0.1) is 0 Å². The highest BCUT2D eigenvalue weighted by Crippen LogP contribution is 2.31. The molecule has 4 heterocycles. The van der Waals surface area contributed by atoms with Gasteiger partial charge in [-0.3, -0.25) is 0 Å². The number of hydrogen-bond donors (Lipinski definition) is 1. The molecule has 0 aliphatic carbocycles. The average molecular weight is 483 g/mol. The maximum absolute atomic E-state index is 13.5. The molecule has 1 aromatic carbocycles. The highest BCUT2D eigenvalue weighted by Gasteiger charge is 2.28. The van der Waals surface area contributed by atoms with Gasteiger partial charge in [0.15, 0.2) is 0 Å². The number of aromatic nitrogens is 3. The lowest BCUT2D eigenvalue weighted by Gasteiger charge is -2.41. The summed E-state index contributed by atoms with van der Waals surface area (Å²) in [5, 5.41) is 9.88. The standard InChI is InChI=1S/C25H28ClFN6O/c1-17-15-32(24-21(26)12-18(16-34)14-28-24)10-11-33(17)23-13-22(19-4-6-20(27)7-5-19)29-25(30-23)31-8-2-3-9-31/h4-7,12-14,17,34H,2-3,8-11,15-16H2,1H3. The molecule has 0 bridgehead atoms. The zero-order chi connectivity index (χ0) is 23.7. The lowest BCUT2D eigenvalue weighted by Crippen LogP contribution is -2.52. The molecule has 0 radical (unpaired) electrons. The van der Waals surface area contributed by atoms with Crippen LogP contribution in [0.2, 0.25) is 5.02 Å². The van der Waals surface area contributed by atoms with E-state index in [2.05, 4.69) is 26.6 Å². The summed E-state index contributed by atoms with van der Waals surface area (Å²) in [6.45, 7) is 6.20. The van der Waals surface area contributed by atoms with Crippen molar-refractivity contribution in [3.8, 4) is 11.3 Å². The highest BCUT2D eigenvalue weighted by molar-refractivity contribution is 6.33. The number of pyridine rings is 1. The van der Waals surface area contributed by atoms with Gasteiger partial charge in [-0.05, 0) is 55.7 Å². The van der Waals surface area contributed by atoms with Crippen molar-refractivity contribution in [1.29, 1.82) is 0 Å². The number of halogens is 2. The number of aliphatic hydroxyl groups excluding tert-OH is 1. The van der Waals surface area contributed by atoms with E-state index in [4.69, 9.17) is 21.6 Å². The summed E-state index contributed by atoms with van der Waals surface area (Å²) in [5.74, 6) is 2.07. The number of hydrogen-bond acceptors (Lipinski definition) is 7. The van der Waals surface area contributed by atoms with E-state index >= 15 is 0 Å². The third kappa shape index (κ3) is 4.65. The maximum Gasteiger partial charge on any atom is 0.227 e. The molecule has 1 unspecified atom stereocenters. The topological polar surface area (TPSA) is 68.6 Å². The van der Waals surface area contributed by atoms with Gasteiger partial charge in [0.2, 0.25) is 5.95 Å². The predicted molar refractivity (Wildman–Crippen MR) is 133 cm³/mol. The lowest BCUT2D eigenvalue weighted by molar-refractivity contribution is 0.281. The Kier molecular flexibility index (Phi) is 6.52. The van der Waals surface area contributed by atoms with Crippen LogP contribution in [0.3, 0.4) is 0 Å². The number of aliphatic hydroxyl groups is 1. The largest absolute Gasteiger partial charge is 0.392 e. The van der Waals surface area contributed by atoms with Crippen LogP contribution in [0.25, 0.3) is 11.3 Å². The summed E-state index contributed by atoms with van der Waals surface area (Å²) >= 11 is 6.45. The maximum atomic E-state index is 13.5. The predicted octanol–water partition coefficient (Wildman–Crippen LogP) is 4.14. The van der Waals surface area contributed by atoms with Crippen LogP contribution in [0.4, 0.5) is 22.0 Å². The SMILES string of the molecule is CC1CN(c2ncc(CO)cc2Cl)CCN1c1cc(-c2ccc(F)cc2)nc(N2CCCC2)n1. The third-order valence-electron chi connectivity index (χ3n) is 6.51. The molecule has 0 saturated carbocycles. The van der Waals surface area contributed by atoms with Crippen molar-refractivity contribution in [2.75, 3.05) is 47.4 Å². The summed E-state index contributed by atoms with van der Waals surface area (Å²) in [6, 6.07) is 10.4. The van der Waals surface area contributed by atoms with E-state index in [0.717, 1.165) is 74.4 Å². The summed E-state index contributed by atoms with van der Waals surface area (Å²) in [6.07, 6.45) is 3.94. The minimum atomic E-state index is -0.262. The van der Waals surface area contributed by atoms with Crippen molar-refractivity contribution in [3.05, 3.63) is 59.0 Å². The van der Waals surface area contributed by atoms with Crippen LogP contribution in [0.1, 0.15) is 25.3 Å². The fraction of sp³-hybridized carbons (Fsp3) is 0.400. The van der Waals surface area contributed by atoms with Crippen LogP contribution in [0.5, 0.6) is 0 Å². The van der Waals surface area contributed by atoms with Crippen LogP contribution in [0, 0.1) is 5.82 Å². The van der Waals surface area contributed by atoms with Crippen molar-refractivity contribution < 1.29 is 9.50 Å². The van der Waals surface area contributed by atoms with Gasteiger partial charge in [0, 0.05) is 56.6 Å². The van der Waals surface area contributed by atoms with E-state index in [9.17, 15) is 9.50 Å². The van der Waals surface area contributed by atoms with Crippen molar-refractivity contribution in [2.45, 2.75) is 32.4 Å². The molecular formula is C25H28ClFN6O. The lowest BCUT2D eigenvalue weighted by atomic mass is 10.1. The molecule has 7 nitrogen and oxygen atoms in total. The Morgan fingerprint density at radius 2 is 1.79 bits per heavy atom. The molecule has 0 amide bonds. The molecule has 178 valence electrons. The molecule has 3 aromatic rings. The summed E-state index contributed by atoms with van der Waals surface area (Å²) in [4.78, 5) is 21.0. The van der Waals surface area contributed by atoms with Crippen molar-refractivity contribution >= 4 is 29.2 Å². The van der Waals surface area contributed by atoms with Gasteiger partial charge in [0.25, 0.3) is 0 Å². The van der Waals surface area contributed by atoms with E-state index in [1.165, 1.54) is 12.1 Å². The van der Waals surface area contributed by atoms with Crippen molar-refractivity contribution in [3.63, 3.8) is 0 Å². The van der Waals surface area contributed by atoms with E-state index in [1.54, 1.807) is 24.4 Å². The summed E-state index contributed by atoms with van der Waals surface area (Å²) in [7, 11) is 0. The first-order chi connectivity index (χ1) is 16.5. The number of rotatable bonds is 5. The van der Waals surface area contributed by atoms with Crippen LogP contribution in [-0.4, -0.2) is 58.8 Å². The molecule has 0 spiro atoms. The minimum Gasteiger partial charge on any atom is -0.392 e. The quantitative estimate of drug-likeness (QED) is 0.586. The molecular weight excluding hydrogens is 455 g/mol. The van der Waals surface area contributed by atoms with E-state index in [1.807, 2.05) is 6.07 Å². The second-order valence-corrected chi connectivity index (χ2v) is 9.32. The Morgan fingerprint density at radius 3 is 2.47 bits per heavy atom. The Bertz CT molecular complexity index is 1150. The normalized spacial score (nSPS) is 18.6. The van der Waals surface area contributed by atoms with Gasteiger partial charge < -0.3 is 19.8 Å². The Morgan fingerprint density at radius 1 is 1.03 bits per heavy atom. The molecule has 2 aliphatic rings. The number of piperazine rings is 1. The Hall–Kier alpha value is -2.97. The molecule has 5 rings (SSSR count). The molecule has 34 heavy (non-hydrogen) atoms. The summed E-state index contributed by atoms with van der Waals surface area (Å²) in [5.41, 5.74) is 2.37. The fourth-order valence-electron chi connectivity index (χ4n) is 4.68. The number of anilines is 3. The van der Waals surface area contributed by atoms with Crippen molar-refractivity contribution in [1.82, 2.24) is 15.0 Å². The first-order valence-electron chi connectivity index (χ1n) is 11.7. The molecule has 9 heteroatoms. The Labute approximate surface area is 203 Å². The molecule has 2 fully saturated rings. The Balaban J connectivity index is 1.43. The molecule has 2 aromatic heterocycles. The van der Waals surface area contributed by atoms with Crippen LogP contribution < -0.4 is 14.7 Å². The van der Waals surface area contributed by atoms with E-state index in [-0.39, 0.29) is 18.5 Å². The highest BCUT2D eigenvalue weighted by atomic mass is 35.5. The van der Waals surface area contributed by atoms with Crippen molar-refractivity contribution in [2.24, 2.45) is 0 Å². The van der Waals surface area contributed by atoms with Gasteiger partial charge >= 0.3 is 0 Å². The first-order valence-corrected chi connectivity index (χ1v) is 12.1. The fourth-order valence-corrected chi connectivity index (χ4v) is 4.98. The zero-order valence-corrected chi connectivity index (χ0v) is 19.9. The summed E-state index contributed by atoms with van der Waals surface area (Å²) < 4.78 is 13.5. The molecule has 1 N–H and O–H groups in total. The van der Waals surface area contributed by atoms with Crippen LogP contribution in [0.15, 0.2) is 42.6 Å². The number of nitrogens with zero attached hydrogens (tertiary/aromatic N) is 6. The van der Waals surface area contributed by atoms with Gasteiger partial charge in [-0.1, -0.05) is 11.6 Å². The smallest absolute Gasteiger partial charge is 0.227 e.